The summed E-state index contributed by atoms with van der Waals surface area (Å²) >= 11 is 1.52. The van der Waals surface area contributed by atoms with Crippen molar-refractivity contribution in [1.29, 1.82) is 0 Å². The van der Waals surface area contributed by atoms with Gasteiger partial charge in [0.2, 0.25) is 0 Å². The molecule has 2 heterocycles. The molecule has 0 aliphatic heterocycles. The highest BCUT2D eigenvalue weighted by Gasteiger charge is 2.30. The number of amides is 1. The van der Waals surface area contributed by atoms with Crippen molar-refractivity contribution in [2.45, 2.75) is 24.9 Å². The van der Waals surface area contributed by atoms with E-state index in [1.807, 2.05) is 12.1 Å². The summed E-state index contributed by atoms with van der Waals surface area (Å²) in [6.07, 6.45) is 2.40. The van der Waals surface area contributed by atoms with Crippen LogP contribution in [0.4, 0.5) is 9.93 Å². The smallest absolute Gasteiger partial charge is 0.404 e. The molecule has 1 saturated carbocycles. The largest absolute Gasteiger partial charge is 0.465 e. The molecule has 3 rings (SSSR count). The van der Waals surface area contributed by atoms with E-state index in [-0.39, 0.29) is 6.04 Å². The number of hydrogen-bond acceptors (Lipinski definition) is 5. The van der Waals surface area contributed by atoms with Gasteiger partial charge in [-0.05, 0) is 25.0 Å². The van der Waals surface area contributed by atoms with Crippen LogP contribution < -0.4 is 10.6 Å². The molecule has 1 aliphatic carbocycles. The highest BCUT2D eigenvalue weighted by Crippen LogP contribution is 2.28. The number of thiazole rings is 1. The highest BCUT2D eigenvalue weighted by atomic mass is 32.1. The quantitative estimate of drug-likeness (QED) is 0.788. The molecule has 0 bridgehead atoms. The zero-order valence-corrected chi connectivity index (χ0v) is 10.3. The van der Waals surface area contributed by atoms with Crippen LogP contribution >= 0.6 is 11.3 Å². The van der Waals surface area contributed by atoms with Crippen molar-refractivity contribution in [3.63, 3.8) is 0 Å². The molecule has 1 fully saturated rings. The fourth-order valence-electron chi connectivity index (χ4n) is 2.03. The van der Waals surface area contributed by atoms with Gasteiger partial charge in [-0.25, -0.2) is 14.8 Å². The van der Waals surface area contributed by atoms with Crippen LogP contribution in [0.2, 0.25) is 0 Å². The van der Waals surface area contributed by atoms with Crippen molar-refractivity contribution in [2.75, 3.05) is 5.32 Å². The maximum absolute atomic E-state index is 10.4. The lowest BCUT2D eigenvalue weighted by atomic mass is 9.87. The van der Waals surface area contributed by atoms with Gasteiger partial charge < -0.3 is 15.7 Å². The van der Waals surface area contributed by atoms with Crippen molar-refractivity contribution in [3.05, 3.63) is 18.3 Å². The van der Waals surface area contributed by atoms with Gasteiger partial charge >= 0.3 is 6.09 Å². The molecule has 0 spiro atoms. The molecule has 0 radical (unpaired) electrons. The van der Waals surface area contributed by atoms with E-state index in [9.17, 15) is 4.79 Å². The van der Waals surface area contributed by atoms with Crippen molar-refractivity contribution in [3.8, 4) is 0 Å². The van der Waals surface area contributed by atoms with Gasteiger partial charge in [0.25, 0.3) is 0 Å². The molecule has 2 aromatic heterocycles. The van der Waals surface area contributed by atoms with E-state index in [2.05, 4.69) is 20.6 Å². The second-order valence-electron chi connectivity index (χ2n) is 4.31. The van der Waals surface area contributed by atoms with Gasteiger partial charge in [-0.3, -0.25) is 0 Å². The zero-order chi connectivity index (χ0) is 12.5. The van der Waals surface area contributed by atoms with Crippen LogP contribution in [0.3, 0.4) is 0 Å². The predicted molar refractivity (Wildman–Crippen MR) is 69.0 cm³/mol. The number of pyridine rings is 1. The summed E-state index contributed by atoms with van der Waals surface area (Å²) < 4.78 is 0. The molecule has 1 amide bonds. The molecule has 94 valence electrons. The van der Waals surface area contributed by atoms with E-state index in [1.54, 1.807) is 6.20 Å². The van der Waals surface area contributed by atoms with Crippen molar-refractivity contribution in [1.82, 2.24) is 15.3 Å². The van der Waals surface area contributed by atoms with E-state index < -0.39 is 6.09 Å². The Kier molecular flexibility index (Phi) is 2.75. The summed E-state index contributed by atoms with van der Waals surface area (Å²) in [7, 11) is 0. The summed E-state index contributed by atoms with van der Waals surface area (Å²) in [6.45, 7) is 0. The van der Waals surface area contributed by atoms with Crippen molar-refractivity contribution in [2.24, 2.45) is 0 Å². The maximum atomic E-state index is 10.4. The van der Waals surface area contributed by atoms with Crippen LogP contribution in [-0.4, -0.2) is 33.3 Å². The second-order valence-corrected chi connectivity index (χ2v) is 5.28. The molecule has 3 N–H and O–H groups in total. The molecule has 0 aromatic carbocycles. The van der Waals surface area contributed by atoms with Crippen LogP contribution in [0.5, 0.6) is 0 Å². The minimum atomic E-state index is -0.956. The SMILES string of the molecule is O=C(O)NC1CC(Nc2nc3cccnc3s2)C1. The highest BCUT2D eigenvalue weighted by molar-refractivity contribution is 7.21. The first kappa shape index (κ1) is 11.2. The summed E-state index contributed by atoms with van der Waals surface area (Å²) in [5.74, 6) is 0. The maximum Gasteiger partial charge on any atom is 0.404 e. The zero-order valence-electron chi connectivity index (χ0n) is 9.46. The standard InChI is InChI=1S/C11H12N4O2S/c16-11(17)14-7-4-6(5-7)13-10-15-8-2-1-3-12-9(8)18-10/h1-3,6-7,14H,4-5H2,(H,13,15)(H,16,17). The number of carbonyl (C=O) groups is 1. The molecule has 6 nitrogen and oxygen atoms in total. The molecule has 1 aliphatic rings. The molecular formula is C11H12N4O2S. The van der Waals surface area contributed by atoms with Gasteiger partial charge in [-0.2, -0.15) is 0 Å². The van der Waals surface area contributed by atoms with Crippen molar-refractivity contribution >= 4 is 32.9 Å². The molecule has 18 heavy (non-hydrogen) atoms. The third-order valence-corrected chi connectivity index (χ3v) is 3.87. The number of hydrogen-bond donors (Lipinski definition) is 3. The van der Waals surface area contributed by atoms with Gasteiger partial charge in [0, 0.05) is 18.3 Å². The van der Waals surface area contributed by atoms with E-state index in [0.717, 1.165) is 28.3 Å². The van der Waals surface area contributed by atoms with Gasteiger partial charge in [-0.1, -0.05) is 11.3 Å². The Labute approximate surface area is 107 Å². The van der Waals surface area contributed by atoms with E-state index >= 15 is 0 Å². The Bertz CT molecular complexity index is 546. The fourth-order valence-corrected chi connectivity index (χ4v) is 2.92. The Morgan fingerprint density at radius 1 is 1.44 bits per heavy atom. The molecule has 0 atom stereocenters. The third kappa shape index (κ3) is 2.21. The van der Waals surface area contributed by atoms with E-state index in [1.165, 1.54) is 11.3 Å². The molecule has 2 aromatic rings. The van der Waals surface area contributed by atoms with Crippen LogP contribution in [0, 0.1) is 0 Å². The van der Waals surface area contributed by atoms with E-state index in [4.69, 9.17) is 5.11 Å². The topological polar surface area (TPSA) is 87.1 Å². The number of nitrogens with zero attached hydrogens (tertiary/aromatic N) is 2. The van der Waals surface area contributed by atoms with Crippen molar-refractivity contribution < 1.29 is 9.90 Å². The molecule has 0 saturated heterocycles. The Balaban J connectivity index is 1.59. The monoisotopic (exact) mass is 264 g/mol. The van der Waals surface area contributed by atoms with Crippen LogP contribution in [0.15, 0.2) is 18.3 Å². The number of carboxylic acid groups (broad SMARTS) is 1. The van der Waals surface area contributed by atoms with Gasteiger partial charge in [0.1, 0.15) is 10.3 Å². The van der Waals surface area contributed by atoms with Crippen LogP contribution in [0.25, 0.3) is 10.3 Å². The first-order chi connectivity index (χ1) is 8.70. The number of anilines is 1. The summed E-state index contributed by atoms with van der Waals surface area (Å²) in [6, 6.07) is 4.15. The molecule has 7 heteroatoms. The normalized spacial score (nSPS) is 22.4. The van der Waals surface area contributed by atoms with Crippen LogP contribution in [0.1, 0.15) is 12.8 Å². The number of nitrogens with one attached hydrogen (secondary N) is 2. The Morgan fingerprint density at radius 2 is 2.28 bits per heavy atom. The average molecular weight is 264 g/mol. The lowest BCUT2D eigenvalue weighted by Crippen LogP contribution is -2.49. The fraction of sp³-hybridized carbons (Fsp3) is 0.364. The van der Waals surface area contributed by atoms with Gasteiger partial charge in [0.15, 0.2) is 5.13 Å². The molecular weight excluding hydrogens is 252 g/mol. The Morgan fingerprint density at radius 3 is 3.00 bits per heavy atom. The molecule has 0 unspecified atom stereocenters. The lowest BCUT2D eigenvalue weighted by molar-refractivity contribution is 0.180. The first-order valence-electron chi connectivity index (χ1n) is 5.68. The minimum Gasteiger partial charge on any atom is -0.465 e. The number of rotatable bonds is 3. The average Bonchev–Trinajstić information content (AvgIpc) is 2.67. The van der Waals surface area contributed by atoms with E-state index in [0.29, 0.717) is 6.04 Å². The summed E-state index contributed by atoms with van der Waals surface area (Å²) in [5.41, 5.74) is 0.893. The van der Waals surface area contributed by atoms with Gasteiger partial charge in [-0.15, -0.1) is 0 Å². The second kappa shape index (κ2) is 4.41. The number of aromatic nitrogens is 2. The lowest BCUT2D eigenvalue weighted by Gasteiger charge is -2.35. The Hall–Kier alpha value is -1.89. The van der Waals surface area contributed by atoms with Crippen LogP contribution in [-0.2, 0) is 0 Å². The minimum absolute atomic E-state index is 0.0625. The summed E-state index contributed by atoms with van der Waals surface area (Å²) in [4.78, 5) is 20.0. The third-order valence-electron chi connectivity index (χ3n) is 2.96. The predicted octanol–water partition coefficient (Wildman–Crippen LogP) is 1.90. The first-order valence-corrected chi connectivity index (χ1v) is 6.50. The van der Waals surface area contributed by atoms with Gasteiger partial charge in [0.05, 0.1) is 0 Å². The number of fused-ring (bicyclic) bond motifs is 1. The summed E-state index contributed by atoms with van der Waals surface area (Å²) in [5, 5.41) is 15.2.